The molecule has 0 N–H and O–H groups in total. The Balaban J connectivity index is 2.20. The van der Waals surface area contributed by atoms with Gasteiger partial charge in [-0.2, -0.15) is 0 Å². The van der Waals surface area contributed by atoms with Crippen molar-refractivity contribution in [1.29, 1.82) is 0 Å². The van der Waals surface area contributed by atoms with Crippen LogP contribution in [0.4, 0.5) is 0 Å². The molecule has 1 saturated heterocycles. The van der Waals surface area contributed by atoms with E-state index in [2.05, 4.69) is 29.8 Å². The molecular formula is C10H19BrO. The monoisotopic (exact) mass is 234 g/mol. The summed E-state index contributed by atoms with van der Waals surface area (Å²) in [4.78, 5) is 0.699. The number of ether oxygens (including phenoxy) is 1. The molecule has 0 aromatic heterocycles. The third-order valence-corrected chi connectivity index (χ3v) is 3.70. The number of rotatable bonds is 3. The molecular weight excluding hydrogens is 216 g/mol. The predicted octanol–water partition coefficient (Wildman–Crippen LogP) is 3.22. The molecule has 0 amide bonds. The van der Waals surface area contributed by atoms with E-state index in [0.717, 1.165) is 25.0 Å². The smallest absolute Gasteiger partial charge is 0.0504 e. The minimum Gasteiger partial charge on any atom is -0.381 e. The van der Waals surface area contributed by atoms with E-state index >= 15 is 0 Å². The quantitative estimate of drug-likeness (QED) is 0.682. The normalized spacial score (nSPS) is 31.0. The molecule has 1 heterocycles. The summed E-state index contributed by atoms with van der Waals surface area (Å²) in [6, 6.07) is 0. The fraction of sp³-hybridized carbons (Fsp3) is 1.00. The molecule has 0 aromatic carbocycles. The summed E-state index contributed by atoms with van der Waals surface area (Å²) in [5.74, 6) is 1.58. The fourth-order valence-electron chi connectivity index (χ4n) is 1.58. The molecule has 1 rings (SSSR count). The lowest BCUT2D eigenvalue weighted by Gasteiger charge is -2.27. The lowest BCUT2D eigenvalue weighted by atomic mass is 9.93. The van der Waals surface area contributed by atoms with Gasteiger partial charge in [0.25, 0.3) is 0 Å². The van der Waals surface area contributed by atoms with E-state index in [9.17, 15) is 0 Å². The van der Waals surface area contributed by atoms with Crippen molar-refractivity contribution in [1.82, 2.24) is 0 Å². The molecule has 0 aromatic rings. The second-order valence-corrected chi connectivity index (χ2v) is 5.29. The van der Waals surface area contributed by atoms with E-state index in [-0.39, 0.29) is 0 Å². The maximum Gasteiger partial charge on any atom is 0.0504 e. The molecule has 1 fully saturated rings. The number of hydrogen-bond acceptors (Lipinski definition) is 1. The minimum absolute atomic E-state index is 0.699. The van der Waals surface area contributed by atoms with E-state index in [1.165, 1.54) is 19.3 Å². The Bertz CT molecular complexity index is 125. The van der Waals surface area contributed by atoms with Crippen LogP contribution in [0.25, 0.3) is 0 Å². The van der Waals surface area contributed by atoms with E-state index in [1.807, 2.05) is 0 Å². The van der Waals surface area contributed by atoms with Crippen molar-refractivity contribution in [3.63, 3.8) is 0 Å². The minimum atomic E-state index is 0.699. The molecule has 72 valence electrons. The van der Waals surface area contributed by atoms with Gasteiger partial charge >= 0.3 is 0 Å². The first-order chi connectivity index (χ1) is 5.70. The van der Waals surface area contributed by atoms with Crippen LogP contribution >= 0.6 is 15.9 Å². The maximum atomic E-state index is 5.45. The largest absolute Gasteiger partial charge is 0.381 e. The highest BCUT2D eigenvalue weighted by Gasteiger charge is 2.22. The Labute approximate surface area is 84.0 Å². The van der Waals surface area contributed by atoms with E-state index in [1.54, 1.807) is 0 Å². The van der Waals surface area contributed by atoms with E-state index in [4.69, 9.17) is 4.74 Å². The van der Waals surface area contributed by atoms with Gasteiger partial charge in [-0.3, -0.25) is 0 Å². The summed E-state index contributed by atoms with van der Waals surface area (Å²) in [5.41, 5.74) is 0. The Morgan fingerprint density at radius 1 is 1.50 bits per heavy atom. The Morgan fingerprint density at radius 3 is 2.83 bits per heavy atom. The van der Waals surface area contributed by atoms with Crippen molar-refractivity contribution in [3.8, 4) is 0 Å². The van der Waals surface area contributed by atoms with Crippen molar-refractivity contribution in [2.75, 3.05) is 13.2 Å². The van der Waals surface area contributed by atoms with Gasteiger partial charge in [0.05, 0.1) is 6.61 Å². The zero-order valence-corrected chi connectivity index (χ0v) is 9.64. The first-order valence-electron chi connectivity index (χ1n) is 4.92. The standard InChI is InChI=1S/C10H19BrO/c1-8(2)3-4-9-7-12-6-5-10(9)11/h8-10H,3-7H2,1-2H3. The second kappa shape index (κ2) is 5.23. The highest BCUT2D eigenvalue weighted by atomic mass is 79.9. The van der Waals surface area contributed by atoms with Gasteiger partial charge in [-0.25, -0.2) is 0 Å². The van der Waals surface area contributed by atoms with Gasteiger partial charge in [-0.15, -0.1) is 0 Å². The highest BCUT2D eigenvalue weighted by Crippen LogP contribution is 2.27. The summed E-state index contributed by atoms with van der Waals surface area (Å²) in [6.07, 6.45) is 3.83. The molecule has 2 unspecified atom stereocenters. The van der Waals surface area contributed by atoms with Crippen LogP contribution in [0.1, 0.15) is 33.1 Å². The lowest BCUT2D eigenvalue weighted by molar-refractivity contribution is 0.0553. The number of alkyl halides is 1. The maximum absolute atomic E-state index is 5.45. The number of hydrogen-bond donors (Lipinski definition) is 0. The average Bonchev–Trinajstić information content (AvgIpc) is 2.03. The van der Waals surface area contributed by atoms with Crippen molar-refractivity contribution in [2.24, 2.45) is 11.8 Å². The highest BCUT2D eigenvalue weighted by molar-refractivity contribution is 9.09. The van der Waals surface area contributed by atoms with Crippen LogP contribution in [-0.2, 0) is 4.74 Å². The van der Waals surface area contributed by atoms with Gasteiger partial charge in [-0.05, 0) is 24.7 Å². The topological polar surface area (TPSA) is 9.23 Å². The predicted molar refractivity (Wildman–Crippen MR) is 55.7 cm³/mol. The van der Waals surface area contributed by atoms with E-state index in [0.29, 0.717) is 4.83 Å². The summed E-state index contributed by atoms with van der Waals surface area (Å²) < 4.78 is 5.45. The SMILES string of the molecule is CC(C)CCC1COCCC1Br. The molecule has 2 atom stereocenters. The van der Waals surface area contributed by atoms with Crippen molar-refractivity contribution >= 4 is 15.9 Å². The van der Waals surface area contributed by atoms with Crippen LogP contribution in [0.3, 0.4) is 0 Å². The lowest BCUT2D eigenvalue weighted by Crippen LogP contribution is -2.27. The molecule has 12 heavy (non-hydrogen) atoms. The molecule has 2 heteroatoms. The van der Waals surface area contributed by atoms with Crippen LogP contribution < -0.4 is 0 Å². The van der Waals surface area contributed by atoms with Crippen LogP contribution in [0.15, 0.2) is 0 Å². The zero-order valence-electron chi connectivity index (χ0n) is 8.05. The molecule has 0 aliphatic carbocycles. The molecule has 0 radical (unpaired) electrons. The summed E-state index contributed by atoms with van der Waals surface area (Å²) >= 11 is 3.72. The summed E-state index contributed by atoms with van der Waals surface area (Å²) in [7, 11) is 0. The van der Waals surface area contributed by atoms with Gasteiger partial charge in [0.2, 0.25) is 0 Å². The van der Waals surface area contributed by atoms with Gasteiger partial charge in [0.1, 0.15) is 0 Å². The second-order valence-electron chi connectivity index (χ2n) is 4.11. The van der Waals surface area contributed by atoms with Gasteiger partial charge in [-0.1, -0.05) is 36.2 Å². The van der Waals surface area contributed by atoms with Crippen LogP contribution in [0.5, 0.6) is 0 Å². The van der Waals surface area contributed by atoms with E-state index < -0.39 is 0 Å². The van der Waals surface area contributed by atoms with Crippen molar-refractivity contribution < 1.29 is 4.74 Å². The van der Waals surface area contributed by atoms with Crippen LogP contribution in [-0.4, -0.2) is 18.0 Å². The first kappa shape index (κ1) is 10.5. The summed E-state index contributed by atoms with van der Waals surface area (Å²) in [6.45, 7) is 6.47. The van der Waals surface area contributed by atoms with Crippen molar-refractivity contribution in [2.45, 2.75) is 37.9 Å². The zero-order chi connectivity index (χ0) is 8.97. The molecule has 0 spiro atoms. The molecule has 0 saturated carbocycles. The molecule has 1 aliphatic rings. The number of halogens is 1. The third-order valence-electron chi connectivity index (χ3n) is 2.50. The molecule has 1 aliphatic heterocycles. The Morgan fingerprint density at radius 2 is 2.25 bits per heavy atom. The summed E-state index contributed by atoms with van der Waals surface area (Å²) in [5, 5.41) is 0. The Kier molecular flexibility index (Phi) is 4.59. The van der Waals surface area contributed by atoms with Gasteiger partial charge in [0, 0.05) is 11.4 Å². The molecule has 1 nitrogen and oxygen atoms in total. The first-order valence-corrected chi connectivity index (χ1v) is 5.83. The fourth-order valence-corrected chi connectivity index (χ4v) is 2.19. The Hall–Kier alpha value is 0.440. The van der Waals surface area contributed by atoms with Crippen LogP contribution in [0, 0.1) is 11.8 Å². The van der Waals surface area contributed by atoms with Gasteiger partial charge < -0.3 is 4.74 Å². The van der Waals surface area contributed by atoms with Crippen LogP contribution in [0.2, 0.25) is 0 Å². The molecule has 0 bridgehead atoms. The average molecular weight is 235 g/mol. The van der Waals surface area contributed by atoms with Gasteiger partial charge in [0.15, 0.2) is 0 Å². The van der Waals surface area contributed by atoms with Crippen molar-refractivity contribution in [3.05, 3.63) is 0 Å². The third kappa shape index (κ3) is 3.44.